The molecule has 13 heavy (non-hydrogen) atoms. The molecular weight excluding hydrogens is 160 g/mol. The first kappa shape index (κ1) is 12.4. The van der Waals surface area contributed by atoms with E-state index in [9.17, 15) is 5.11 Å². The second-order valence-corrected chi connectivity index (χ2v) is 4.45. The van der Waals surface area contributed by atoms with Gasteiger partial charge in [0.05, 0.1) is 5.60 Å². The summed E-state index contributed by atoms with van der Waals surface area (Å²) in [7, 11) is 0. The number of allylic oxidation sites excluding steroid dienone is 2. The highest BCUT2D eigenvalue weighted by Crippen LogP contribution is 2.20. The Hall–Kier alpha value is -0.560. The minimum atomic E-state index is -0.586. The molecule has 0 saturated carbocycles. The van der Waals surface area contributed by atoms with Crippen LogP contribution in [-0.2, 0) is 0 Å². The molecule has 1 atom stereocenters. The smallest absolute Gasteiger partial charge is 0.0659 e. The van der Waals surface area contributed by atoms with Crippen LogP contribution in [-0.4, -0.2) is 10.7 Å². The molecule has 0 bridgehead atoms. The molecule has 0 heterocycles. The molecule has 1 N–H and O–H groups in total. The van der Waals surface area contributed by atoms with Crippen LogP contribution in [0.2, 0.25) is 0 Å². The van der Waals surface area contributed by atoms with Gasteiger partial charge in [0.25, 0.3) is 0 Å². The van der Waals surface area contributed by atoms with Gasteiger partial charge in [-0.15, -0.1) is 6.58 Å². The highest BCUT2D eigenvalue weighted by molar-refractivity contribution is 4.98. The van der Waals surface area contributed by atoms with E-state index in [0.29, 0.717) is 6.42 Å². The van der Waals surface area contributed by atoms with Crippen molar-refractivity contribution >= 4 is 0 Å². The number of rotatable bonds is 5. The minimum Gasteiger partial charge on any atom is -0.390 e. The number of aliphatic hydroxyl groups is 1. The van der Waals surface area contributed by atoms with E-state index in [0.717, 1.165) is 18.4 Å². The van der Waals surface area contributed by atoms with Crippen LogP contribution in [0.1, 0.15) is 47.0 Å². The Morgan fingerprint density at radius 1 is 1.38 bits per heavy atom. The van der Waals surface area contributed by atoms with Crippen molar-refractivity contribution in [2.24, 2.45) is 0 Å². The molecule has 0 unspecified atom stereocenters. The molecule has 0 aromatic carbocycles. The molecule has 0 spiro atoms. The Kier molecular flexibility index (Phi) is 5.01. The molecule has 0 aromatic heterocycles. The molecule has 0 radical (unpaired) electrons. The van der Waals surface area contributed by atoms with Crippen LogP contribution in [0.25, 0.3) is 0 Å². The van der Waals surface area contributed by atoms with Gasteiger partial charge in [-0.05, 0) is 47.0 Å². The van der Waals surface area contributed by atoms with E-state index in [2.05, 4.69) is 26.5 Å². The van der Waals surface area contributed by atoms with Crippen molar-refractivity contribution in [1.82, 2.24) is 0 Å². The molecule has 0 fully saturated rings. The van der Waals surface area contributed by atoms with Gasteiger partial charge in [-0.2, -0.15) is 0 Å². The van der Waals surface area contributed by atoms with Gasteiger partial charge in [0.15, 0.2) is 0 Å². The van der Waals surface area contributed by atoms with Crippen LogP contribution in [0.4, 0.5) is 0 Å². The fraction of sp³-hybridized carbons (Fsp3) is 0.667. The maximum Gasteiger partial charge on any atom is 0.0659 e. The Morgan fingerprint density at radius 2 is 1.92 bits per heavy atom. The van der Waals surface area contributed by atoms with E-state index < -0.39 is 5.60 Å². The monoisotopic (exact) mass is 182 g/mol. The van der Waals surface area contributed by atoms with Crippen molar-refractivity contribution in [3.63, 3.8) is 0 Å². The lowest BCUT2D eigenvalue weighted by Crippen LogP contribution is -2.23. The summed E-state index contributed by atoms with van der Waals surface area (Å²) >= 11 is 0. The van der Waals surface area contributed by atoms with Crippen molar-refractivity contribution in [3.05, 3.63) is 23.8 Å². The zero-order chi connectivity index (χ0) is 10.5. The molecule has 76 valence electrons. The molecule has 0 aliphatic carbocycles. The number of hydrogen-bond acceptors (Lipinski definition) is 1. The second kappa shape index (κ2) is 5.23. The van der Waals surface area contributed by atoms with Gasteiger partial charge >= 0.3 is 0 Å². The normalized spacial score (nSPS) is 14.8. The molecular formula is C12H22O. The summed E-state index contributed by atoms with van der Waals surface area (Å²) in [5, 5.41) is 9.91. The van der Waals surface area contributed by atoms with Crippen molar-refractivity contribution in [3.8, 4) is 0 Å². The third kappa shape index (κ3) is 7.79. The van der Waals surface area contributed by atoms with Crippen molar-refractivity contribution in [1.29, 1.82) is 0 Å². The van der Waals surface area contributed by atoms with Gasteiger partial charge in [0.1, 0.15) is 0 Å². The van der Waals surface area contributed by atoms with E-state index in [4.69, 9.17) is 0 Å². The largest absolute Gasteiger partial charge is 0.390 e. The predicted molar refractivity (Wildman–Crippen MR) is 58.7 cm³/mol. The summed E-state index contributed by atoms with van der Waals surface area (Å²) in [5.74, 6) is 0. The van der Waals surface area contributed by atoms with Gasteiger partial charge in [0.2, 0.25) is 0 Å². The molecule has 0 aliphatic rings. The SMILES string of the molecule is C=C(C)C[C@](C)(O)CCC=C(C)C. The van der Waals surface area contributed by atoms with Gasteiger partial charge in [0, 0.05) is 0 Å². The predicted octanol–water partition coefficient (Wildman–Crippen LogP) is 3.45. The Balaban J connectivity index is 3.89. The number of hydrogen-bond donors (Lipinski definition) is 1. The molecule has 0 aliphatic heterocycles. The average Bonchev–Trinajstić information content (AvgIpc) is 1.81. The van der Waals surface area contributed by atoms with E-state index in [-0.39, 0.29) is 0 Å². The molecule has 1 heteroatoms. The van der Waals surface area contributed by atoms with E-state index in [1.54, 1.807) is 0 Å². The third-order valence-corrected chi connectivity index (χ3v) is 1.92. The van der Waals surface area contributed by atoms with Crippen LogP contribution in [0.3, 0.4) is 0 Å². The summed E-state index contributed by atoms with van der Waals surface area (Å²) in [4.78, 5) is 0. The summed E-state index contributed by atoms with van der Waals surface area (Å²) in [6.45, 7) is 11.8. The second-order valence-electron chi connectivity index (χ2n) is 4.45. The van der Waals surface area contributed by atoms with Gasteiger partial charge < -0.3 is 5.11 Å². The van der Waals surface area contributed by atoms with Crippen LogP contribution in [0, 0.1) is 0 Å². The topological polar surface area (TPSA) is 20.2 Å². The van der Waals surface area contributed by atoms with Gasteiger partial charge in [-0.3, -0.25) is 0 Å². The van der Waals surface area contributed by atoms with E-state index >= 15 is 0 Å². The quantitative estimate of drug-likeness (QED) is 0.646. The lowest BCUT2D eigenvalue weighted by molar-refractivity contribution is 0.0524. The first-order valence-electron chi connectivity index (χ1n) is 4.83. The fourth-order valence-corrected chi connectivity index (χ4v) is 1.41. The summed E-state index contributed by atoms with van der Waals surface area (Å²) in [5.41, 5.74) is 1.77. The third-order valence-electron chi connectivity index (χ3n) is 1.92. The average molecular weight is 182 g/mol. The minimum absolute atomic E-state index is 0.586. The van der Waals surface area contributed by atoms with Crippen molar-refractivity contribution < 1.29 is 5.11 Å². The standard InChI is InChI=1S/C12H22O/c1-10(2)7-6-8-12(5,13)9-11(3)4/h7,13H,3,6,8-9H2,1-2,4-5H3/t12-/m1/s1. The highest BCUT2D eigenvalue weighted by Gasteiger charge is 2.18. The zero-order valence-electron chi connectivity index (χ0n) is 9.35. The van der Waals surface area contributed by atoms with E-state index in [1.165, 1.54) is 5.57 Å². The van der Waals surface area contributed by atoms with Crippen molar-refractivity contribution in [2.75, 3.05) is 0 Å². The Morgan fingerprint density at radius 3 is 2.31 bits per heavy atom. The van der Waals surface area contributed by atoms with E-state index in [1.807, 2.05) is 13.8 Å². The summed E-state index contributed by atoms with van der Waals surface area (Å²) in [6, 6.07) is 0. The molecule has 0 rings (SSSR count). The first-order chi connectivity index (χ1) is 5.83. The van der Waals surface area contributed by atoms with Crippen LogP contribution in [0.5, 0.6) is 0 Å². The van der Waals surface area contributed by atoms with Crippen LogP contribution < -0.4 is 0 Å². The first-order valence-corrected chi connectivity index (χ1v) is 4.83. The Bertz CT molecular complexity index is 195. The fourth-order valence-electron chi connectivity index (χ4n) is 1.41. The lowest BCUT2D eigenvalue weighted by Gasteiger charge is -2.22. The molecule has 0 aromatic rings. The van der Waals surface area contributed by atoms with Gasteiger partial charge in [-0.25, -0.2) is 0 Å². The summed E-state index contributed by atoms with van der Waals surface area (Å²) in [6.07, 6.45) is 4.62. The lowest BCUT2D eigenvalue weighted by atomic mass is 9.92. The van der Waals surface area contributed by atoms with Crippen molar-refractivity contribution in [2.45, 2.75) is 52.6 Å². The molecule has 1 nitrogen and oxygen atoms in total. The highest BCUT2D eigenvalue weighted by atomic mass is 16.3. The zero-order valence-corrected chi connectivity index (χ0v) is 9.35. The summed E-state index contributed by atoms with van der Waals surface area (Å²) < 4.78 is 0. The van der Waals surface area contributed by atoms with Crippen LogP contribution >= 0.6 is 0 Å². The maximum atomic E-state index is 9.91. The van der Waals surface area contributed by atoms with Crippen LogP contribution in [0.15, 0.2) is 23.8 Å². The molecule has 0 saturated heterocycles. The Labute approximate surface area is 82.2 Å². The molecule has 0 amide bonds. The van der Waals surface area contributed by atoms with Gasteiger partial charge in [-0.1, -0.05) is 17.2 Å². The maximum absolute atomic E-state index is 9.91.